The summed E-state index contributed by atoms with van der Waals surface area (Å²) < 4.78 is 44.6. The lowest BCUT2D eigenvalue weighted by Crippen LogP contribution is -2.45. The number of hydrogen-bond acceptors (Lipinski definition) is 4. The molecule has 0 fully saturated rings. The number of amides is 1. The fourth-order valence-electron chi connectivity index (χ4n) is 1.43. The van der Waals surface area contributed by atoms with E-state index in [0.717, 1.165) is 6.07 Å². The molecular formula is C12H16BrFN2O4S. The molecule has 2 N–H and O–H groups in total. The van der Waals surface area contributed by atoms with Crippen LogP contribution in [0.3, 0.4) is 0 Å². The highest BCUT2D eigenvalue weighted by Gasteiger charge is 2.22. The van der Waals surface area contributed by atoms with Crippen molar-refractivity contribution >= 4 is 31.9 Å². The van der Waals surface area contributed by atoms with Crippen LogP contribution >= 0.6 is 15.9 Å². The van der Waals surface area contributed by atoms with E-state index in [1.54, 1.807) is 0 Å². The number of methoxy groups -OCH3 is 1. The summed E-state index contributed by atoms with van der Waals surface area (Å²) >= 11 is 2.94. The van der Waals surface area contributed by atoms with Gasteiger partial charge in [-0.15, -0.1) is 0 Å². The monoisotopic (exact) mass is 382 g/mol. The number of carbonyl (C=O) groups is 1. The van der Waals surface area contributed by atoms with Gasteiger partial charge < -0.3 is 10.1 Å². The Morgan fingerprint density at radius 2 is 2.14 bits per heavy atom. The Labute approximate surface area is 131 Å². The standard InChI is InChI=1S/C12H16BrFN2O4S/c1-8(12(17)15-5-6-20-2)16-21(18,19)9-3-4-10(13)11(14)7-9/h3-4,7-8,16H,5-6H2,1-2H3,(H,15,17). The number of benzene rings is 1. The highest BCUT2D eigenvalue weighted by atomic mass is 79.9. The van der Waals surface area contributed by atoms with Crippen molar-refractivity contribution in [3.8, 4) is 0 Å². The molecule has 1 amide bonds. The van der Waals surface area contributed by atoms with Gasteiger partial charge in [-0.25, -0.2) is 12.8 Å². The van der Waals surface area contributed by atoms with Gasteiger partial charge in [-0.3, -0.25) is 4.79 Å². The fourth-order valence-corrected chi connectivity index (χ4v) is 2.89. The Bertz CT molecular complexity index is 609. The molecule has 1 unspecified atom stereocenters. The fraction of sp³-hybridized carbons (Fsp3) is 0.417. The number of sulfonamides is 1. The minimum Gasteiger partial charge on any atom is -0.383 e. The molecule has 0 bridgehead atoms. The molecule has 0 heterocycles. The average molecular weight is 383 g/mol. The van der Waals surface area contributed by atoms with E-state index in [1.165, 1.54) is 26.2 Å². The third-order valence-electron chi connectivity index (χ3n) is 2.53. The topological polar surface area (TPSA) is 84.5 Å². The molecule has 0 aliphatic carbocycles. The van der Waals surface area contributed by atoms with Gasteiger partial charge in [-0.05, 0) is 41.1 Å². The van der Waals surface area contributed by atoms with Crippen molar-refractivity contribution in [3.63, 3.8) is 0 Å². The molecule has 0 aliphatic heterocycles. The molecule has 118 valence electrons. The molecule has 6 nitrogen and oxygen atoms in total. The number of carbonyl (C=O) groups excluding carboxylic acids is 1. The zero-order valence-corrected chi connectivity index (χ0v) is 13.9. The van der Waals surface area contributed by atoms with Gasteiger partial charge in [0.15, 0.2) is 0 Å². The summed E-state index contributed by atoms with van der Waals surface area (Å²) in [5, 5.41) is 2.51. The van der Waals surface area contributed by atoms with Gasteiger partial charge in [-0.1, -0.05) is 0 Å². The molecule has 0 radical (unpaired) electrons. The second-order valence-corrected chi connectivity index (χ2v) is 6.77. The Balaban J connectivity index is 2.75. The van der Waals surface area contributed by atoms with Crippen LogP contribution in [0.15, 0.2) is 27.6 Å². The van der Waals surface area contributed by atoms with Crippen molar-refractivity contribution in [2.24, 2.45) is 0 Å². The van der Waals surface area contributed by atoms with Crippen molar-refractivity contribution in [1.82, 2.24) is 10.0 Å². The highest BCUT2D eigenvalue weighted by Crippen LogP contribution is 2.19. The second-order valence-electron chi connectivity index (χ2n) is 4.20. The summed E-state index contributed by atoms with van der Waals surface area (Å²) in [5.41, 5.74) is 0. The maximum absolute atomic E-state index is 13.4. The van der Waals surface area contributed by atoms with Gasteiger partial charge in [0.25, 0.3) is 0 Å². The van der Waals surface area contributed by atoms with Gasteiger partial charge in [0, 0.05) is 13.7 Å². The normalized spacial score (nSPS) is 13.0. The Morgan fingerprint density at radius 1 is 1.48 bits per heavy atom. The van der Waals surface area contributed by atoms with Crippen molar-refractivity contribution in [3.05, 3.63) is 28.5 Å². The molecule has 1 aromatic carbocycles. The quantitative estimate of drug-likeness (QED) is 0.689. The van der Waals surface area contributed by atoms with E-state index in [2.05, 4.69) is 26.0 Å². The summed E-state index contributed by atoms with van der Waals surface area (Å²) in [4.78, 5) is 11.4. The van der Waals surface area contributed by atoms with E-state index in [4.69, 9.17) is 4.74 Å². The van der Waals surface area contributed by atoms with E-state index < -0.39 is 27.8 Å². The van der Waals surface area contributed by atoms with Crippen LogP contribution < -0.4 is 10.0 Å². The summed E-state index contributed by atoms with van der Waals surface area (Å²) in [7, 11) is -2.49. The van der Waals surface area contributed by atoms with E-state index >= 15 is 0 Å². The second kappa shape index (κ2) is 7.83. The van der Waals surface area contributed by atoms with E-state index in [9.17, 15) is 17.6 Å². The Hall–Kier alpha value is -1.03. The summed E-state index contributed by atoms with van der Waals surface area (Å²) in [6.45, 7) is 1.99. The van der Waals surface area contributed by atoms with E-state index in [0.29, 0.717) is 6.61 Å². The third kappa shape index (κ3) is 5.34. The Morgan fingerprint density at radius 3 is 2.71 bits per heavy atom. The summed E-state index contributed by atoms with van der Waals surface area (Å²) in [6, 6.07) is 2.42. The van der Waals surface area contributed by atoms with Crippen molar-refractivity contribution in [2.45, 2.75) is 17.9 Å². The first-order chi connectivity index (χ1) is 9.77. The minimum absolute atomic E-state index is 0.159. The molecule has 1 atom stereocenters. The van der Waals surface area contributed by atoms with Crippen molar-refractivity contribution in [2.75, 3.05) is 20.3 Å². The molecule has 21 heavy (non-hydrogen) atoms. The number of ether oxygens (including phenoxy) is 1. The Kier molecular flexibility index (Phi) is 6.72. The number of rotatable bonds is 7. The number of halogens is 2. The lowest BCUT2D eigenvalue weighted by molar-refractivity contribution is -0.122. The number of hydrogen-bond donors (Lipinski definition) is 2. The summed E-state index contributed by atoms with van der Waals surface area (Å²) in [5.74, 6) is -1.19. The first-order valence-electron chi connectivity index (χ1n) is 6.02. The molecule has 0 aliphatic rings. The lowest BCUT2D eigenvalue weighted by atomic mass is 10.3. The van der Waals surface area contributed by atoms with Gasteiger partial charge >= 0.3 is 0 Å². The maximum atomic E-state index is 13.4. The predicted molar refractivity (Wildman–Crippen MR) is 78.8 cm³/mol. The van der Waals surface area contributed by atoms with Crippen molar-refractivity contribution in [1.29, 1.82) is 0 Å². The zero-order valence-electron chi connectivity index (χ0n) is 11.5. The molecule has 9 heteroatoms. The average Bonchev–Trinajstić information content (AvgIpc) is 2.41. The number of nitrogens with one attached hydrogen (secondary N) is 2. The summed E-state index contributed by atoms with van der Waals surface area (Å²) in [6.07, 6.45) is 0. The molecule has 0 saturated heterocycles. The molecule has 0 aromatic heterocycles. The van der Waals surface area contributed by atoms with Gasteiger partial charge in [0.1, 0.15) is 5.82 Å². The molecule has 0 spiro atoms. The van der Waals surface area contributed by atoms with Crippen LogP contribution in [0.5, 0.6) is 0 Å². The van der Waals surface area contributed by atoms with Crippen LogP contribution in [0.25, 0.3) is 0 Å². The molecule has 1 rings (SSSR count). The first-order valence-corrected chi connectivity index (χ1v) is 8.29. The maximum Gasteiger partial charge on any atom is 0.241 e. The third-order valence-corrected chi connectivity index (χ3v) is 4.71. The largest absolute Gasteiger partial charge is 0.383 e. The van der Waals surface area contributed by atoms with Crippen molar-refractivity contribution < 1.29 is 22.3 Å². The first kappa shape index (κ1) is 18.0. The predicted octanol–water partition coefficient (Wildman–Crippen LogP) is 1.02. The van der Waals surface area contributed by atoms with Crippen LogP contribution in [0.1, 0.15) is 6.92 Å². The smallest absolute Gasteiger partial charge is 0.241 e. The zero-order chi connectivity index (χ0) is 16.0. The highest BCUT2D eigenvalue weighted by molar-refractivity contribution is 9.10. The van der Waals surface area contributed by atoms with Crippen LogP contribution in [0.4, 0.5) is 4.39 Å². The SMILES string of the molecule is COCCNC(=O)C(C)NS(=O)(=O)c1ccc(Br)c(F)c1. The molecule has 0 saturated carbocycles. The molecule has 1 aromatic rings. The lowest BCUT2D eigenvalue weighted by Gasteiger charge is -2.14. The van der Waals surface area contributed by atoms with E-state index in [1.807, 2.05) is 0 Å². The van der Waals surface area contributed by atoms with Gasteiger partial charge in [0.2, 0.25) is 15.9 Å². The van der Waals surface area contributed by atoms with Gasteiger partial charge in [-0.2, -0.15) is 4.72 Å². The van der Waals surface area contributed by atoms with E-state index in [-0.39, 0.29) is 15.9 Å². The van der Waals surface area contributed by atoms with Crippen LogP contribution in [-0.4, -0.2) is 40.6 Å². The van der Waals surface area contributed by atoms with Crippen LogP contribution in [-0.2, 0) is 19.6 Å². The van der Waals surface area contributed by atoms with Crippen LogP contribution in [0, 0.1) is 5.82 Å². The minimum atomic E-state index is -3.98. The van der Waals surface area contributed by atoms with Gasteiger partial charge in [0.05, 0.1) is 22.0 Å². The molecular weight excluding hydrogens is 367 g/mol. The van der Waals surface area contributed by atoms with Crippen LogP contribution in [0.2, 0.25) is 0 Å².